The summed E-state index contributed by atoms with van der Waals surface area (Å²) in [5, 5.41) is 2.69. The van der Waals surface area contributed by atoms with Gasteiger partial charge in [0.15, 0.2) is 0 Å². The molecule has 0 aliphatic heterocycles. The molecule has 151 valence electrons. The average Bonchev–Trinajstić information content (AvgIpc) is 2.70. The molecule has 1 N–H and O–H groups in total. The highest BCUT2D eigenvalue weighted by Gasteiger charge is 2.06. The fraction of sp³-hybridized carbons (Fsp3) is 0.571. The quantitative estimate of drug-likeness (QED) is 0.278. The van der Waals surface area contributed by atoms with E-state index in [4.69, 9.17) is 9.47 Å². The molecule has 0 saturated carbocycles. The number of alkyl carbamates (subject to hydrolysis) is 1. The maximum absolute atomic E-state index is 11.8. The lowest BCUT2D eigenvalue weighted by atomic mass is 10.2. The summed E-state index contributed by atoms with van der Waals surface area (Å²) in [5.41, 5.74) is 0.955. The standard InChI is InChI=1S/C21H33N2O3S/c1-3-15-27-16-11-6-5-10-14-22-20(25-4-2)17-23-21(24)26-18-19-12-8-7-9-13-19/h7-9,12-13H,1,3-6,10-11,14-18H2,2H3,(H,23,24). The smallest absolute Gasteiger partial charge is 0.407 e. The highest BCUT2D eigenvalue weighted by Crippen LogP contribution is 2.08. The molecule has 0 aromatic heterocycles. The number of hydrogen-bond acceptors (Lipinski definition) is 5. The summed E-state index contributed by atoms with van der Waals surface area (Å²) in [6.45, 7) is 7.51. The molecule has 1 amide bonds. The van der Waals surface area contributed by atoms with Crippen molar-refractivity contribution in [2.24, 2.45) is 4.99 Å². The van der Waals surface area contributed by atoms with Crippen molar-refractivity contribution >= 4 is 23.8 Å². The molecule has 1 rings (SSSR count). The van der Waals surface area contributed by atoms with Gasteiger partial charge in [-0.3, -0.25) is 4.99 Å². The number of benzene rings is 1. The van der Waals surface area contributed by atoms with Crippen molar-refractivity contribution in [1.29, 1.82) is 0 Å². The Kier molecular flexibility index (Phi) is 14.3. The molecule has 0 heterocycles. The van der Waals surface area contributed by atoms with Gasteiger partial charge < -0.3 is 14.8 Å². The molecular weight excluding hydrogens is 360 g/mol. The summed E-state index contributed by atoms with van der Waals surface area (Å²) in [7, 11) is 0. The Morgan fingerprint density at radius 3 is 2.63 bits per heavy atom. The monoisotopic (exact) mass is 393 g/mol. The van der Waals surface area contributed by atoms with Gasteiger partial charge in [-0.1, -0.05) is 50.1 Å². The van der Waals surface area contributed by atoms with E-state index < -0.39 is 6.09 Å². The molecule has 0 aliphatic rings. The first-order valence-electron chi connectivity index (χ1n) is 9.74. The van der Waals surface area contributed by atoms with Crippen molar-refractivity contribution in [3.8, 4) is 0 Å². The van der Waals surface area contributed by atoms with E-state index in [2.05, 4.69) is 17.2 Å². The second kappa shape index (κ2) is 16.5. The fourth-order valence-corrected chi connectivity index (χ4v) is 3.13. The molecule has 1 aromatic carbocycles. The van der Waals surface area contributed by atoms with Crippen LogP contribution in [0.3, 0.4) is 0 Å². The topological polar surface area (TPSA) is 59.9 Å². The van der Waals surface area contributed by atoms with E-state index in [1.165, 1.54) is 25.0 Å². The van der Waals surface area contributed by atoms with Crippen molar-refractivity contribution in [3.05, 3.63) is 42.8 Å². The molecule has 0 atom stereocenters. The van der Waals surface area contributed by atoms with Crippen LogP contribution in [0.1, 0.15) is 44.6 Å². The lowest BCUT2D eigenvalue weighted by Gasteiger charge is -2.10. The van der Waals surface area contributed by atoms with Gasteiger partial charge in [-0.25, -0.2) is 4.79 Å². The van der Waals surface area contributed by atoms with Gasteiger partial charge in [0.05, 0.1) is 13.2 Å². The number of carbonyl (C=O) groups is 1. The van der Waals surface area contributed by atoms with Crippen molar-refractivity contribution in [3.63, 3.8) is 0 Å². The highest BCUT2D eigenvalue weighted by molar-refractivity contribution is 7.99. The summed E-state index contributed by atoms with van der Waals surface area (Å²) in [6, 6.07) is 9.59. The van der Waals surface area contributed by atoms with E-state index >= 15 is 0 Å². The first-order chi connectivity index (χ1) is 13.3. The number of hydrogen-bond donors (Lipinski definition) is 1. The summed E-state index contributed by atoms with van der Waals surface area (Å²) < 4.78 is 10.7. The Hall–Kier alpha value is -1.69. The zero-order valence-corrected chi connectivity index (χ0v) is 17.3. The van der Waals surface area contributed by atoms with Crippen LogP contribution in [0.25, 0.3) is 0 Å². The zero-order chi connectivity index (χ0) is 19.6. The van der Waals surface area contributed by atoms with E-state index in [0.717, 1.165) is 30.7 Å². The second-order valence-corrected chi connectivity index (χ2v) is 7.23. The van der Waals surface area contributed by atoms with Crippen LogP contribution in [0.2, 0.25) is 0 Å². The molecule has 6 heteroatoms. The molecule has 0 unspecified atom stereocenters. The van der Waals surface area contributed by atoms with E-state index in [9.17, 15) is 4.79 Å². The normalized spacial score (nSPS) is 11.3. The Balaban J connectivity index is 2.16. The van der Waals surface area contributed by atoms with Gasteiger partial charge in [-0.15, -0.1) is 0 Å². The highest BCUT2D eigenvalue weighted by atomic mass is 32.2. The van der Waals surface area contributed by atoms with Crippen LogP contribution < -0.4 is 5.32 Å². The number of amides is 1. The Morgan fingerprint density at radius 2 is 1.89 bits per heavy atom. The van der Waals surface area contributed by atoms with Crippen LogP contribution in [0.4, 0.5) is 4.79 Å². The third-order valence-electron chi connectivity index (χ3n) is 3.68. The van der Waals surface area contributed by atoms with Crippen LogP contribution >= 0.6 is 11.8 Å². The first kappa shape index (κ1) is 23.3. The van der Waals surface area contributed by atoms with Gasteiger partial charge in [0.1, 0.15) is 6.61 Å². The third kappa shape index (κ3) is 13.2. The Bertz CT molecular complexity index is 523. The van der Waals surface area contributed by atoms with Gasteiger partial charge in [0, 0.05) is 6.54 Å². The number of nitrogens with zero attached hydrogens (tertiary/aromatic N) is 1. The maximum atomic E-state index is 11.8. The maximum Gasteiger partial charge on any atom is 0.407 e. The van der Waals surface area contributed by atoms with Crippen molar-refractivity contribution in [2.45, 2.75) is 45.6 Å². The molecule has 1 radical (unpaired) electrons. The van der Waals surface area contributed by atoms with E-state index in [1.54, 1.807) is 0 Å². The number of carbonyl (C=O) groups excluding carboxylic acids is 1. The Labute approximate surface area is 168 Å². The van der Waals surface area contributed by atoms with Gasteiger partial charge in [-0.2, -0.15) is 11.8 Å². The van der Waals surface area contributed by atoms with Crippen LogP contribution in [0.5, 0.6) is 0 Å². The van der Waals surface area contributed by atoms with E-state index in [0.29, 0.717) is 12.5 Å². The van der Waals surface area contributed by atoms with Crippen molar-refractivity contribution in [1.82, 2.24) is 5.32 Å². The minimum atomic E-state index is -0.467. The van der Waals surface area contributed by atoms with Crippen molar-refractivity contribution in [2.75, 3.05) is 31.2 Å². The van der Waals surface area contributed by atoms with E-state index in [1.807, 2.05) is 49.0 Å². The summed E-state index contributed by atoms with van der Waals surface area (Å²) in [6.07, 6.45) is 5.23. The minimum absolute atomic E-state index is 0.251. The van der Waals surface area contributed by atoms with Crippen molar-refractivity contribution < 1.29 is 14.3 Å². The summed E-state index contributed by atoms with van der Waals surface area (Å²) in [4.78, 5) is 16.3. The van der Waals surface area contributed by atoms with Gasteiger partial charge in [0.2, 0.25) is 5.90 Å². The fourth-order valence-electron chi connectivity index (χ4n) is 2.32. The third-order valence-corrected chi connectivity index (χ3v) is 4.84. The average molecular weight is 394 g/mol. The van der Waals surface area contributed by atoms with Gasteiger partial charge >= 0.3 is 6.09 Å². The molecule has 0 aliphatic carbocycles. The molecule has 1 aromatic rings. The molecule has 5 nitrogen and oxygen atoms in total. The van der Waals surface area contributed by atoms with Gasteiger partial charge in [-0.05, 0) is 43.3 Å². The molecule has 27 heavy (non-hydrogen) atoms. The molecule has 0 fully saturated rings. The largest absolute Gasteiger partial charge is 0.480 e. The Morgan fingerprint density at radius 1 is 1.11 bits per heavy atom. The predicted molar refractivity (Wildman–Crippen MR) is 114 cm³/mol. The molecule has 0 spiro atoms. The number of rotatable bonds is 14. The first-order valence-corrected chi connectivity index (χ1v) is 10.9. The lowest BCUT2D eigenvalue weighted by molar-refractivity contribution is 0.140. The zero-order valence-electron chi connectivity index (χ0n) is 16.5. The van der Waals surface area contributed by atoms with Crippen LogP contribution in [0, 0.1) is 6.92 Å². The lowest BCUT2D eigenvalue weighted by Crippen LogP contribution is -2.31. The molecule has 0 saturated heterocycles. The number of thioether (sulfide) groups is 1. The minimum Gasteiger partial charge on any atom is -0.480 e. The number of ether oxygens (including phenoxy) is 2. The number of unbranched alkanes of at least 4 members (excludes halogenated alkanes) is 3. The SMILES string of the molecule is [CH2]CCSCCCCCCN=C(CNC(=O)OCc1ccccc1)OCC. The molecule has 0 bridgehead atoms. The summed E-state index contributed by atoms with van der Waals surface area (Å²) in [5.74, 6) is 2.93. The van der Waals surface area contributed by atoms with Crippen LogP contribution in [-0.2, 0) is 16.1 Å². The second-order valence-electron chi connectivity index (χ2n) is 6.00. The number of aliphatic imine (C=N–C) groups is 1. The van der Waals surface area contributed by atoms with Gasteiger partial charge in [0.25, 0.3) is 0 Å². The molecular formula is C21H33N2O3S. The van der Waals surface area contributed by atoms with Crippen LogP contribution in [0.15, 0.2) is 35.3 Å². The summed E-state index contributed by atoms with van der Waals surface area (Å²) >= 11 is 1.98. The van der Waals surface area contributed by atoms with E-state index in [-0.39, 0.29) is 13.2 Å². The predicted octanol–water partition coefficient (Wildman–Crippen LogP) is 4.87. The van der Waals surface area contributed by atoms with Crippen LogP contribution in [-0.4, -0.2) is 43.2 Å². The number of nitrogens with one attached hydrogen (secondary N) is 1.